The summed E-state index contributed by atoms with van der Waals surface area (Å²) in [5.74, 6) is 0. The number of nitrogens with two attached hydrogens (primary N) is 1. The second-order valence-electron chi connectivity index (χ2n) is 5.33. The highest BCUT2D eigenvalue weighted by molar-refractivity contribution is 5.25. The summed E-state index contributed by atoms with van der Waals surface area (Å²) in [5.41, 5.74) is 8.58. The van der Waals surface area contributed by atoms with Crippen LogP contribution >= 0.6 is 0 Å². The number of hydrogen-bond acceptors (Lipinski definition) is 4. The molecule has 1 aliphatic heterocycles. The maximum atomic E-state index is 6.02. The van der Waals surface area contributed by atoms with Gasteiger partial charge in [-0.05, 0) is 38.1 Å². The van der Waals surface area contributed by atoms with Gasteiger partial charge in [0.15, 0.2) is 0 Å². The Bertz CT molecular complexity index is 393. The zero-order valence-electron chi connectivity index (χ0n) is 11.6. The maximum Gasteiger partial charge on any atom is 0.0492 e. The average molecular weight is 248 g/mol. The molecule has 4 heteroatoms. The normalized spacial score (nSPS) is 24.1. The highest BCUT2D eigenvalue weighted by atomic mass is 15.3. The Balaban J connectivity index is 2.21. The summed E-state index contributed by atoms with van der Waals surface area (Å²) in [7, 11) is 2.18. The summed E-state index contributed by atoms with van der Waals surface area (Å²) < 4.78 is 0. The van der Waals surface area contributed by atoms with E-state index in [-0.39, 0.29) is 0 Å². The quantitative estimate of drug-likeness (QED) is 0.867. The van der Waals surface area contributed by atoms with E-state index in [9.17, 15) is 0 Å². The van der Waals surface area contributed by atoms with Crippen LogP contribution in [0, 0.1) is 6.92 Å². The van der Waals surface area contributed by atoms with Crippen LogP contribution in [0.25, 0.3) is 0 Å². The highest BCUT2D eigenvalue weighted by Gasteiger charge is 2.28. The molecule has 2 atom stereocenters. The SMILES string of the molecule is Cc1ccncc1C(CN)N1CCN(C)CC1C. The molecule has 2 rings (SSSR count). The lowest BCUT2D eigenvalue weighted by atomic mass is 10.00. The van der Waals surface area contributed by atoms with Gasteiger partial charge in [-0.25, -0.2) is 0 Å². The van der Waals surface area contributed by atoms with Gasteiger partial charge >= 0.3 is 0 Å². The van der Waals surface area contributed by atoms with Gasteiger partial charge in [0, 0.05) is 50.7 Å². The zero-order chi connectivity index (χ0) is 13.1. The number of pyridine rings is 1. The van der Waals surface area contributed by atoms with Crippen molar-refractivity contribution in [2.24, 2.45) is 5.73 Å². The third-order valence-electron chi connectivity index (χ3n) is 3.94. The van der Waals surface area contributed by atoms with Crippen LogP contribution in [0.5, 0.6) is 0 Å². The van der Waals surface area contributed by atoms with E-state index < -0.39 is 0 Å². The molecule has 0 aromatic carbocycles. The van der Waals surface area contributed by atoms with Gasteiger partial charge in [-0.1, -0.05) is 0 Å². The lowest BCUT2D eigenvalue weighted by Gasteiger charge is -2.43. The second kappa shape index (κ2) is 5.78. The Kier molecular flexibility index (Phi) is 4.32. The van der Waals surface area contributed by atoms with Crippen molar-refractivity contribution in [3.63, 3.8) is 0 Å². The van der Waals surface area contributed by atoms with E-state index in [2.05, 4.69) is 41.7 Å². The van der Waals surface area contributed by atoms with Crippen LogP contribution < -0.4 is 5.73 Å². The first kappa shape index (κ1) is 13.5. The van der Waals surface area contributed by atoms with E-state index >= 15 is 0 Å². The zero-order valence-corrected chi connectivity index (χ0v) is 11.6. The van der Waals surface area contributed by atoms with Crippen molar-refractivity contribution in [3.05, 3.63) is 29.6 Å². The number of hydrogen-bond donors (Lipinski definition) is 1. The lowest BCUT2D eigenvalue weighted by molar-refractivity contribution is 0.0632. The van der Waals surface area contributed by atoms with Crippen molar-refractivity contribution < 1.29 is 0 Å². The number of likely N-dealkylation sites (N-methyl/N-ethyl adjacent to an activating group) is 1. The summed E-state index contributed by atoms with van der Waals surface area (Å²) in [6.07, 6.45) is 3.82. The van der Waals surface area contributed by atoms with E-state index in [4.69, 9.17) is 5.73 Å². The Labute approximate surface area is 110 Å². The van der Waals surface area contributed by atoms with Crippen molar-refractivity contribution in [3.8, 4) is 0 Å². The van der Waals surface area contributed by atoms with E-state index in [0.717, 1.165) is 19.6 Å². The van der Waals surface area contributed by atoms with Crippen molar-refractivity contribution >= 4 is 0 Å². The fourth-order valence-corrected chi connectivity index (χ4v) is 2.88. The van der Waals surface area contributed by atoms with E-state index in [1.54, 1.807) is 0 Å². The molecule has 2 unspecified atom stereocenters. The molecule has 1 saturated heterocycles. The standard InChI is InChI=1S/C14H24N4/c1-11-4-5-16-9-13(11)14(8-15)18-7-6-17(3)10-12(18)2/h4-5,9,12,14H,6-8,10,15H2,1-3H3. The monoisotopic (exact) mass is 248 g/mol. The molecule has 0 radical (unpaired) electrons. The molecule has 2 heterocycles. The molecule has 1 fully saturated rings. The lowest BCUT2D eigenvalue weighted by Crippen LogP contribution is -2.53. The summed E-state index contributed by atoms with van der Waals surface area (Å²) in [6, 6.07) is 2.90. The van der Waals surface area contributed by atoms with E-state index in [0.29, 0.717) is 18.6 Å². The Hall–Kier alpha value is -0.970. The highest BCUT2D eigenvalue weighted by Crippen LogP contribution is 2.25. The van der Waals surface area contributed by atoms with Crippen molar-refractivity contribution in [1.82, 2.24) is 14.8 Å². The number of aryl methyl sites for hydroxylation is 1. The maximum absolute atomic E-state index is 6.02. The molecule has 100 valence electrons. The Morgan fingerprint density at radius 2 is 2.28 bits per heavy atom. The minimum Gasteiger partial charge on any atom is -0.329 e. The topological polar surface area (TPSA) is 45.4 Å². The van der Waals surface area contributed by atoms with Gasteiger partial charge in [0.05, 0.1) is 0 Å². The third kappa shape index (κ3) is 2.71. The number of nitrogens with zero attached hydrogens (tertiary/aromatic N) is 3. The minimum absolute atomic E-state index is 0.294. The molecular formula is C14H24N4. The number of aromatic nitrogens is 1. The van der Waals surface area contributed by atoms with Crippen LogP contribution in [-0.4, -0.2) is 54.1 Å². The molecule has 4 nitrogen and oxygen atoms in total. The van der Waals surface area contributed by atoms with E-state index in [1.165, 1.54) is 11.1 Å². The Morgan fingerprint density at radius 3 is 2.89 bits per heavy atom. The first-order valence-corrected chi connectivity index (χ1v) is 6.68. The van der Waals surface area contributed by atoms with Gasteiger partial charge in [0.25, 0.3) is 0 Å². The van der Waals surface area contributed by atoms with Crippen LogP contribution in [-0.2, 0) is 0 Å². The predicted molar refractivity (Wildman–Crippen MR) is 74.4 cm³/mol. The van der Waals surface area contributed by atoms with Gasteiger partial charge < -0.3 is 10.6 Å². The summed E-state index contributed by atoms with van der Waals surface area (Å²) in [5, 5.41) is 0. The molecule has 1 aromatic heterocycles. The number of rotatable bonds is 3. The Morgan fingerprint density at radius 1 is 1.50 bits per heavy atom. The molecule has 0 bridgehead atoms. The van der Waals surface area contributed by atoms with Crippen molar-refractivity contribution in [2.75, 3.05) is 33.2 Å². The fraction of sp³-hybridized carbons (Fsp3) is 0.643. The fourth-order valence-electron chi connectivity index (χ4n) is 2.88. The van der Waals surface area contributed by atoms with E-state index in [1.807, 2.05) is 12.4 Å². The second-order valence-corrected chi connectivity index (χ2v) is 5.33. The summed E-state index contributed by atoms with van der Waals surface area (Å²) >= 11 is 0. The molecule has 0 spiro atoms. The molecular weight excluding hydrogens is 224 g/mol. The molecule has 0 saturated carbocycles. The molecule has 18 heavy (non-hydrogen) atoms. The van der Waals surface area contributed by atoms with Crippen molar-refractivity contribution in [2.45, 2.75) is 25.9 Å². The van der Waals surface area contributed by atoms with Crippen LogP contribution in [0.15, 0.2) is 18.5 Å². The van der Waals surface area contributed by atoms with Gasteiger partial charge in [0.2, 0.25) is 0 Å². The average Bonchev–Trinajstić information content (AvgIpc) is 2.34. The molecule has 0 aliphatic carbocycles. The van der Waals surface area contributed by atoms with Gasteiger partial charge in [-0.15, -0.1) is 0 Å². The largest absolute Gasteiger partial charge is 0.329 e. The minimum atomic E-state index is 0.294. The summed E-state index contributed by atoms with van der Waals surface area (Å²) in [6.45, 7) is 8.37. The molecule has 0 amide bonds. The van der Waals surface area contributed by atoms with Gasteiger partial charge in [-0.2, -0.15) is 0 Å². The predicted octanol–water partition coefficient (Wildman–Crippen LogP) is 1.03. The van der Waals surface area contributed by atoms with Crippen LogP contribution in [0.4, 0.5) is 0 Å². The summed E-state index contributed by atoms with van der Waals surface area (Å²) in [4.78, 5) is 9.15. The first-order valence-electron chi connectivity index (χ1n) is 6.68. The van der Waals surface area contributed by atoms with Crippen LogP contribution in [0.3, 0.4) is 0 Å². The van der Waals surface area contributed by atoms with Gasteiger partial charge in [0.1, 0.15) is 0 Å². The molecule has 1 aromatic rings. The molecule has 1 aliphatic rings. The van der Waals surface area contributed by atoms with Crippen LogP contribution in [0.2, 0.25) is 0 Å². The van der Waals surface area contributed by atoms with Crippen molar-refractivity contribution in [1.29, 1.82) is 0 Å². The molecule has 2 N–H and O–H groups in total. The third-order valence-corrected chi connectivity index (χ3v) is 3.94. The first-order chi connectivity index (χ1) is 8.63. The van der Waals surface area contributed by atoms with Crippen LogP contribution in [0.1, 0.15) is 24.1 Å². The smallest absolute Gasteiger partial charge is 0.0492 e. The van der Waals surface area contributed by atoms with Gasteiger partial charge in [-0.3, -0.25) is 9.88 Å². The number of piperazine rings is 1.